The number of hydrogen-bond donors (Lipinski definition) is 0. The monoisotopic (exact) mass is 335 g/mol. The molecule has 0 spiro atoms. The van der Waals surface area contributed by atoms with Crippen LogP contribution < -0.4 is 4.31 Å². The highest BCUT2D eigenvalue weighted by molar-refractivity contribution is 7.92. The Morgan fingerprint density at radius 2 is 2.04 bits per heavy atom. The third kappa shape index (κ3) is 4.45. The Morgan fingerprint density at radius 3 is 2.57 bits per heavy atom. The molecule has 0 aromatic heterocycles. The van der Waals surface area contributed by atoms with Gasteiger partial charge >= 0.3 is 0 Å². The molecule has 1 aromatic carbocycles. The van der Waals surface area contributed by atoms with Gasteiger partial charge in [-0.1, -0.05) is 6.92 Å². The van der Waals surface area contributed by atoms with Gasteiger partial charge in [0.2, 0.25) is 15.9 Å². The molecule has 7 heteroatoms. The van der Waals surface area contributed by atoms with Gasteiger partial charge in [0.25, 0.3) is 0 Å². The lowest BCUT2D eigenvalue weighted by atomic mass is 10.0. The molecule has 0 aliphatic carbocycles. The second-order valence-corrected chi connectivity index (χ2v) is 7.92. The summed E-state index contributed by atoms with van der Waals surface area (Å²) in [7, 11) is -3.58. The zero-order valence-electron chi connectivity index (χ0n) is 13.4. The van der Waals surface area contributed by atoms with Crippen LogP contribution in [0.5, 0.6) is 0 Å². The Hall–Kier alpha value is -2.07. The van der Waals surface area contributed by atoms with Crippen LogP contribution in [0.15, 0.2) is 24.3 Å². The highest BCUT2D eigenvalue weighted by Gasteiger charge is 2.26. The maximum Gasteiger partial charge on any atom is 0.243 e. The van der Waals surface area contributed by atoms with Crippen molar-refractivity contribution in [3.8, 4) is 6.07 Å². The third-order valence-electron chi connectivity index (χ3n) is 3.97. The first-order chi connectivity index (χ1) is 10.8. The lowest BCUT2D eigenvalue weighted by molar-refractivity contribution is -0.131. The van der Waals surface area contributed by atoms with Gasteiger partial charge in [0.05, 0.1) is 23.6 Å². The van der Waals surface area contributed by atoms with Crippen LogP contribution in [0.25, 0.3) is 0 Å². The minimum atomic E-state index is -3.58. The molecule has 0 saturated carbocycles. The van der Waals surface area contributed by atoms with Crippen LogP contribution in [-0.2, 0) is 14.8 Å². The fourth-order valence-electron chi connectivity index (χ4n) is 2.74. The van der Waals surface area contributed by atoms with E-state index in [9.17, 15) is 13.2 Å². The SMILES string of the molecule is CC1CCCN(C(=O)CN(c2ccc(C#N)cc2)S(C)(=O)=O)C1. The van der Waals surface area contributed by atoms with Crippen LogP contribution in [0.1, 0.15) is 25.3 Å². The molecule has 0 N–H and O–H groups in total. The first-order valence-electron chi connectivity index (χ1n) is 7.57. The standard InChI is InChI=1S/C16H21N3O3S/c1-13-4-3-9-18(11-13)16(20)12-19(23(2,21)22)15-7-5-14(10-17)6-8-15/h5-8,13H,3-4,9,11-12H2,1-2H3. The summed E-state index contributed by atoms with van der Waals surface area (Å²) in [5, 5.41) is 8.82. The minimum absolute atomic E-state index is 0.189. The van der Waals surface area contributed by atoms with Gasteiger partial charge in [0.1, 0.15) is 6.54 Å². The quantitative estimate of drug-likeness (QED) is 0.836. The Labute approximate surface area is 137 Å². The number of hydrogen-bond acceptors (Lipinski definition) is 4. The van der Waals surface area contributed by atoms with Gasteiger partial charge < -0.3 is 4.90 Å². The number of benzene rings is 1. The van der Waals surface area contributed by atoms with Crippen LogP contribution in [0.2, 0.25) is 0 Å². The van der Waals surface area contributed by atoms with Crippen LogP contribution in [0, 0.1) is 17.2 Å². The van der Waals surface area contributed by atoms with Crippen LogP contribution in [0.4, 0.5) is 5.69 Å². The average molecular weight is 335 g/mol. The number of rotatable bonds is 4. The molecule has 1 heterocycles. The Balaban J connectivity index is 2.19. The molecule has 1 unspecified atom stereocenters. The number of carbonyl (C=O) groups excluding carboxylic acids is 1. The normalized spacial score (nSPS) is 18.3. The molecule has 1 aliphatic heterocycles. The second kappa shape index (κ2) is 7.01. The lowest BCUT2D eigenvalue weighted by Gasteiger charge is -2.33. The van der Waals surface area contributed by atoms with Gasteiger partial charge in [0.15, 0.2) is 0 Å². The summed E-state index contributed by atoms with van der Waals surface area (Å²) >= 11 is 0. The van der Waals surface area contributed by atoms with Crippen molar-refractivity contribution in [3.05, 3.63) is 29.8 Å². The summed E-state index contributed by atoms with van der Waals surface area (Å²) in [5.41, 5.74) is 0.836. The number of anilines is 1. The molecule has 1 amide bonds. The molecular formula is C16H21N3O3S. The maximum atomic E-state index is 12.5. The Kier molecular flexibility index (Phi) is 5.26. The van der Waals surface area contributed by atoms with Gasteiger partial charge in [-0.2, -0.15) is 5.26 Å². The second-order valence-electron chi connectivity index (χ2n) is 6.02. The molecule has 1 aliphatic rings. The molecule has 23 heavy (non-hydrogen) atoms. The highest BCUT2D eigenvalue weighted by atomic mass is 32.2. The third-order valence-corrected chi connectivity index (χ3v) is 5.11. The van der Waals surface area contributed by atoms with Gasteiger partial charge in [-0.05, 0) is 43.0 Å². The molecule has 2 rings (SSSR count). The van der Waals surface area contributed by atoms with Crippen molar-refractivity contribution in [1.29, 1.82) is 5.26 Å². The largest absolute Gasteiger partial charge is 0.341 e. The van der Waals surface area contributed by atoms with E-state index in [-0.39, 0.29) is 12.5 Å². The van der Waals surface area contributed by atoms with E-state index in [0.29, 0.717) is 30.3 Å². The van der Waals surface area contributed by atoms with Crippen molar-refractivity contribution < 1.29 is 13.2 Å². The van der Waals surface area contributed by atoms with E-state index in [0.717, 1.165) is 23.4 Å². The molecule has 1 fully saturated rings. The van der Waals surface area contributed by atoms with E-state index in [2.05, 4.69) is 6.92 Å². The number of carbonyl (C=O) groups is 1. The summed E-state index contributed by atoms with van der Waals surface area (Å²) in [6.07, 6.45) is 3.12. The summed E-state index contributed by atoms with van der Waals surface area (Å²) < 4.78 is 25.2. The molecule has 124 valence electrons. The zero-order chi connectivity index (χ0) is 17.0. The first kappa shape index (κ1) is 17.3. The minimum Gasteiger partial charge on any atom is -0.341 e. The predicted octanol–water partition coefficient (Wildman–Crippen LogP) is 1.58. The summed E-state index contributed by atoms with van der Waals surface area (Å²) in [4.78, 5) is 14.2. The van der Waals surface area contributed by atoms with Crippen molar-refractivity contribution >= 4 is 21.6 Å². The molecule has 1 saturated heterocycles. The van der Waals surface area contributed by atoms with E-state index in [4.69, 9.17) is 5.26 Å². The van der Waals surface area contributed by atoms with Crippen LogP contribution in [-0.4, -0.2) is 45.1 Å². The van der Waals surface area contributed by atoms with Crippen molar-refractivity contribution in [2.75, 3.05) is 30.2 Å². The summed E-state index contributed by atoms with van der Waals surface area (Å²) in [6.45, 7) is 3.23. The van der Waals surface area contributed by atoms with Gasteiger partial charge in [-0.15, -0.1) is 0 Å². The molecule has 1 atom stereocenters. The molecule has 0 bridgehead atoms. The fraction of sp³-hybridized carbons (Fsp3) is 0.500. The summed E-state index contributed by atoms with van der Waals surface area (Å²) in [5.74, 6) is 0.251. The van der Waals surface area contributed by atoms with E-state index in [1.165, 1.54) is 0 Å². The van der Waals surface area contributed by atoms with Crippen molar-refractivity contribution in [2.45, 2.75) is 19.8 Å². The number of nitrogens with zero attached hydrogens (tertiary/aromatic N) is 3. The number of sulfonamides is 1. The Bertz CT molecular complexity index is 707. The molecule has 6 nitrogen and oxygen atoms in total. The van der Waals surface area contributed by atoms with Gasteiger partial charge in [-0.25, -0.2) is 8.42 Å². The number of nitriles is 1. The fourth-order valence-corrected chi connectivity index (χ4v) is 3.59. The smallest absolute Gasteiger partial charge is 0.243 e. The highest BCUT2D eigenvalue weighted by Crippen LogP contribution is 2.20. The Morgan fingerprint density at radius 1 is 1.39 bits per heavy atom. The van der Waals surface area contributed by atoms with E-state index >= 15 is 0 Å². The van der Waals surface area contributed by atoms with E-state index in [1.807, 2.05) is 6.07 Å². The van der Waals surface area contributed by atoms with E-state index in [1.54, 1.807) is 29.2 Å². The molecule has 0 radical (unpaired) electrons. The lowest BCUT2D eigenvalue weighted by Crippen LogP contribution is -2.46. The van der Waals surface area contributed by atoms with Crippen molar-refractivity contribution in [2.24, 2.45) is 5.92 Å². The summed E-state index contributed by atoms with van der Waals surface area (Å²) in [6, 6.07) is 8.17. The zero-order valence-corrected chi connectivity index (χ0v) is 14.2. The van der Waals surface area contributed by atoms with Gasteiger partial charge in [0, 0.05) is 13.1 Å². The maximum absolute atomic E-state index is 12.5. The average Bonchev–Trinajstić information content (AvgIpc) is 2.51. The van der Waals surface area contributed by atoms with Crippen molar-refractivity contribution in [1.82, 2.24) is 4.90 Å². The van der Waals surface area contributed by atoms with E-state index < -0.39 is 10.0 Å². The predicted molar refractivity (Wildman–Crippen MR) is 88.3 cm³/mol. The number of likely N-dealkylation sites (tertiary alicyclic amines) is 1. The number of piperidine rings is 1. The van der Waals surface area contributed by atoms with Crippen LogP contribution >= 0.6 is 0 Å². The van der Waals surface area contributed by atoms with Crippen molar-refractivity contribution in [3.63, 3.8) is 0 Å². The molecule has 1 aromatic rings. The topological polar surface area (TPSA) is 81.5 Å². The van der Waals surface area contributed by atoms with Gasteiger partial charge in [-0.3, -0.25) is 9.10 Å². The molecular weight excluding hydrogens is 314 g/mol. The first-order valence-corrected chi connectivity index (χ1v) is 9.41. The van der Waals surface area contributed by atoms with Crippen LogP contribution in [0.3, 0.4) is 0 Å². The number of amides is 1.